The Morgan fingerprint density at radius 1 is 1.24 bits per heavy atom. The molecule has 2 aliphatic heterocycles. The number of fused-ring (bicyclic) bond motifs is 4. The zero-order chi connectivity index (χ0) is 16.9. The fraction of sp³-hybridized carbons (Fsp3) is 0.263. The first-order chi connectivity index (χ1) is 12.3. The summed E-state index contributed by atoms with van der Waals surface area (Å²) in [6, 6.07) is 11.6. The number of likely N-dealkylation sites (tertiary alicyclic amines) is 1. The summed E-state index contributed by atoms with van der Waals surface area (Å²) in [7, 11) is 0. The standard InChI is InChI=1S/C19H18N4O2/c24-18(15-6-3-12-25-15)22-10-4-8-19(13-22)16-7-2-11-23(16)17-14(21-19)5-1-9-20-17/h1-3,5-7,9,11-12,21H,4,8,10,13H2. The van der Waals surface area contributed by atoms with Crippen LogP contribution in [0.1, 0.15) is 29.1 Å². The summed E-state index contributed by atoms with van der Waals surface area (Å²) in [5.41, 5.74) is 1.84. The molecule has 6 nitrogen and oxygen atoms in total. The fourth-order valence-electron chi connectivity index (χ4n) is 4.06. The van der Waals surface area contributed by atoms with E-state index in [1.54, 1.807) is 24.6 Å². The van der Waals surface area contributed by atoms with Gasteiger partial charge in [-0.05, 0) is 49.2 Å². The normalized spacial score (nSPS) is 21.5. The van der Waals surface area contributed by atoms with Crippen LogP contribution in [0, 0.1) is 0 Å². The van der Waals surface area contributed by atoms with E-state index in [9.17, 15) is 4.79 Å². The molecular weight excluding hydrogens is 316 g/mol. The summed E-state index contributed by atoms with van der Waals surface area (Å²) in [6.45, 7) is 1.34. The zero-order valence-corrected chi connectivity index (χ0v) is 13.7. The summed E-state index contributed by atoms with van der Waals surface area (Å²) in [5, 5.41) is 3.68. The SMILES string of the molecule is O=C(c1ccco1)N1CCCC2(C1)Nc1cccnc1-n1cccc12. The zero-order valence-electron chi connectivity index (χ0n) is 13.7. The number of piperidine rings is 1. The van der Waals surface area contributed by atoms with Gasteiger partial charge in [-0.3, -0.25) is 4.79 Å². The summed E-state index contributed by atoms with van der Waals surface area (Å²) in [4.78, 5) is 19.2. The van der Waals surface area contributed by atoms with Crippen molar-refractivity contribution in [2.75, 3.05) is 18.4 Å². The van der Waals surface area contributed by atoms with Gasteiger partial charge in [0.05, 0.1) is 23.2 Å². The van der Waals surface area contributed by atoms with Crippen molar-refractivity contribution in [3.05, 3.63) is 66.5 Å². The lowest BCUT2D eigenvalue weighted by molar-refractivity contribution is 0.0620. The molecule has 2 aliphatic rings. The van der Waals surface area contributed by atoms with Crippen LogP contribution < -0.4 is 5.32 Å². The smallest absolute Gasteiger partial charge is 0.289 e. The molecule has 5 rings (SSSR count). The number of pyridine rings is 1. The first kappa shape index (κ1) is 14.3. The molecule has 3 aromatic heterocycles. The van der Waals surface area contributed by atoms with Gasteiger partial charge in [0.25, 0.3) is 5.91 Å². The lowest BCUT2D eigenvalue weighted by atomic mass is 9.84. The van der Waals surface area contributed by atoms with Crippen LogP contribution in [0.25, 0.3) is 5.82 Å². The van der Waals surface area contributed by atoms with E-state index < -0.39 is 0 Å². The second-order valence-electron chi connectivity index (χ2n) is 6.65. The molecule has 5 heterocycles. The van der Waals surface area contributed by atoms with Crippen molar-refractivity contribution in [2.24, 2.45) is 0 Å². The van der Waals surface area contributed by atoms with E-state index in [0.29, 0.717) is 12.3 Å². The molecule has 0 bridgehead atoms. The van der Waals surface area contributed by atoms with Crippen LogP contribution in [0.3, 0.4) is 0 Å². The third-order valence-corrected chi connectivity index (χ3v) is 5.14. The van der Waals surface area contributed by atoms with Crippen LogP contribution in [0.5, 0.6) is 0 Å². The Morgan fingerprint density at radius 3 is 3.08 bits per heavy atom. The first-order valence-electron chi connectivity index (χ1n) is 8.51. The maximum atomic E-state index is 12.8. The molecule has 0 radical (unpaired) electrons. The predicted octanol–water partition coefficient (Wildman–Crippen LogP) is 3.02. The number of nitrogens with one attached hydrogen (secondary N) is 1. The maximum absolute atomic E-state index is 12.8. The van der Waals surface area contributed by atoms with Crippen LogP contribution in [0.15, 0.2) is 59.5 Å². The molecule has 3 aromatic rings. The number of hydrogen-bond acceptors (Lipinski definition) is 4. The van der Waals surface area contributed by atoms with E-state index in [4.69, 9.17) is 4.42 Å². The Bertz CT molecular complexity index is 931. The minimum absolute atomic E-state index is 0.0547. The third kappa shape index (κ3) is 2.10. The average molecular weight is 334 g/mol. The van der Waals surface area contributed by atoms with Crippen molar-refractivity contribution in [1.29, 1.82) is 0 Å². The Morgan fingerprint density at radius 2 is 2.20 bits per heavy atom. The molecule has 0 saturated carbocycles. The van der Waals surface area contributed by atoms with Crippen LogP contribution in [-0.4, -0.2) is 33.4 Å². The van der Waals surface area contributed by atoms with E-state index in [-0.39, 0.29) is 11.4 Å². The average Bonchev–Trinajstić information content (AvgIpc) is 3.34. The van der Waals surface area contributed by atoms with Crippen molar-refractivity contribution in [3.8, 4) is 5.82 Å². The van der Waals surface area contributed by atoms with E-state index in [1.807, 2.05) is 29.3 Å². The van der Waals surface area contributed by atoms with Gasteiger partial charge in [0, 0.05) is 25.5 Å². The van der Waals surface area contributed by atoms with E-state index >= 15 is 0 Å². The molecule has 1 unspecified atom stereocenters. The van der Waals surface area contributed by atoms with Gasteiger partial charge < -0.3 is 19.2 Å². The number of carbonyl (C=O) groups is 1. The Hall–Kier alpha value is -3.02. The van der Waals surface area contributed by atoms with Gasteiger partial charge in [-0.15, -0.1) is 0 Å². The molecule has 1 saturated heterocycles. The maximum Gasteiger partial charge on any atom is 0.289 e. The first-order valence-corrected chi connectivity index (χ1v) is 8.51. The van der Waals surface area contributed by atoms with E-state index in [2.05, 4.69) is 20.9 Å². The van der Waals surface area contributed by atoms with Crippen molar-refractivity contribution >= 4 is 11.6 Å². The molecule has 0 aromatic carbocycles. The summed E-state index contributed by atoms with van der Waals surface area (Å²) < 4.78 is 7.44. The Balaban J connectivity index is 1.55. The molecule has 1 spiro atoms. The minimum Gasteiger partial charge on any atom is -0.459 e. The number of carbonyl (C=O) groups excluding carboxylic acids is 1. The van der Waals surface area contributed by atoms with Crippen molar-refractivity contribution in [2.45, 2.75) is 18.4 Å². The predicted molar refractivity (Wildman–Crippen MR) is 92.7 cm³/mol. The molecule has 1 atom stereocenters. The molecule has 1 N–H and O–H groups in total. The molecule has 1 amide bonds. The van der Waals surface area contributed by atoms with E-state index in [0.717, 1.165) is 36.6 Å². The second kappa shape index (κ2) is 5.24. The van der Waals surface area contributed by atoms with Crippen molar-refractivity contribution < 1.29 is 9.21 Å². The Kier molecular flexibility index (Phi) is 3.00. The van der Waals surface area contributed by atoms with Gasteiger partial charge in [0.15, 0.2) is 11.6 Å². The summed E-state index contributed by atoms with van der Waals surface area (Å²) in [6.07, 6.45) is 7.28. The Labute approximate surface area is 145 Å². The molecule has 0 aliphatic carbocycles. The van der Waals surface area contributed by atoms with Crippen molar-refractivity contribution in [1.82, 2.24) is 14.5 Å². The van der Waals surface area contributed by atoms with Gasteiger partial charge in [0.1, 0.15) is 0 Å². The number of hydrogen-bond donors (Lipinski definition) is 1. The van der Waals surface area contributed by atoms with Crippen LogP contribution in [-0.2, 0) is 5.54 Å². The molecule has 25 heavy (non-hydrogen) atoms. The molecule has 126 valence electrons. The van der Waals surface area contributed by atoms with Crippen molar-refractivity contribution in [3.63, 3.8) is 0 Å². The highest BCUT2D eigenvalue weighted by atomic mass is 16.3. The number of nitrogens with zero attached hydrogens (tertiary/aromatic N) is 3. The van der Waals surface area contributed by atoms with Gasteiger partial charge in [-0.25, -0.2) is 4.98 Å². The van der Waals surface area contributed by atoms with Crippen LogP contribution >= 0.6 is 0 Å². The molecular formula is C19H18N4O2. The van der Waals surface area contributed by atoms with Crippen LogP contribution in [0.4, 0.5) is 5.69 Å². The topological polar surface area (TPSA) is 63.3 Å². The minimum atomic E-state index is -0.306. The van der Waals surface area contributed by atoms with Gasteiger partial charge in [-0.1, -0.05) is 0 Å². The largest absolute Gasteiger partial charge is 0.459 e. The number of furan rings is 1. The fourth-order valence-corrected chi connectivity index (χ4v) is 4.06. The lowest BCUT2D eigenvalue weighted by Crippen LogP contribution is -2.54. The summed E-state index contributed by atoms with van der Waals surface area (Å²) >= 11 is 0. The highest BCUT2D eigenvalue weighted by molar-refractivity contribution is 5.91. The van der Waals surface area contributed by atoms with E-state index in [1.165, 1.54) is 0 Å². The number of rotatable bonds is 1. The molecule has 6 heteroatoms. The summed E-state index contributed by atoms with van der Waals surface area (Å²) in [5.74, 6) is 1.24. The number of anilines is 1. The monoisotopic (exact) mass is 334 g/mol. The lowest BCUT2D eigenvalue weighted by Gasteiger charge is -2.46. The third-order valence-electron chi connectivity index (χ3n) is 5.14. The number of aromatic nitrogens is 2. The number of amides is 1. The van der Waals surface area contributed by atoms with Gasteiger partial charge in [0.2, 0.25) is 0 Å². The second-order valence-corrected chi connectivity index (χ2v) is 6.65. The molecule has 1 fully saturated rings. The van der Waals surface area contributed by atoms with Gasteiger partial charge >= 0.3 is 0 Å². The van der Waals surface area contributed by atoms with Gasteiger partial charge in [-0.2, -0.15) is 0 Å². The highest BCUT2D eigenvalue weighted by Gasteiger charge is 2.44. The quantitative estimate of drug-likeness (QED) is 0.743. The highest BCUT2D eigenvalue weighted by Crippen LogP contribution is 2.41. The van der Waals surface area contributed by atoms with Crippen LogP contribution in [0.2, 0.25) is 0 Å².